The molecule has 0 fully saturated rings. The van der Waals surface area contributed by atoms with Crippen molar-refractivity contribution in [1.29, 1.82) is 0 Å². The molecule has 1 atom stereocenters. The largest absolute Gasteiger partial charge is 0.497 e. The topological polar surface area (TPSA) is 67.4 Å². The minimum Gasteiger partial charge on any atom is -0.497 e. The van der Waals surface area contributed by atoms with Crippen LogP contribution in [0.15, 0.2) is 53.4 Å². The molecular formula is C16H17FN2O3S. The van der Waals surface area contributed by atoms with Crippen LogP contribution in [0.4, 0.5) is 14.9 Å². The Morgan fingerprint density at radius 2 is 2.00 bits per heavy atom. The number of benzene rings is 2. The molecule has 5 nitrogen and oxygen atoms in total. The summed E-state index contributed by atoms with van der Waals surface area (Å²) in [6.07, 6.45) is 0. The van der Waals surface area contributed by atoms with Gasteiger partial charge in [-0.05, 0) is 24.3 Å². The number of rotatable bonds is 6. The predicted molar refractivity (Wildman–Crippen MR) is 87.7 cm³/mol. The van der Waals surface area contributed by atoms with E-state index in [0.29, 0.717) is 11.4 Å². The zero-order valence-electron chi connectivity index (χ0n) is 12.5. The summed E-state index contributed by atoms with van der Waals surface area (Å²) < 4.78 is 30.5. The number of hydrogen-bond acceptors (Lipinski definition) is 3. The third kappa shape index (κ3) is 5.07. The van der Waals surface area contributed by atoms with Crippen molar-refractivity contribution in [2.75, 3.05) is 24.7 Å². The van der Waals surface area contributed by atoms with Gasteiger partial charge in [0.15, 0.2) is 0 Å². The van der Waals surface area contributed by atoms with E-state index in [0.717, 1.165) is 0 Å². The molecule has 7 heteroatoms. The monoisotopic (exact) mass is 336 g/mol. The van der Waals surface area contributed by atoms with Crippen LogP contribution in [0.3, 0.4) is 0 Å². The average molecular weight is 336 g/mol. The van der Waals surface area contributed by atoms with Gasteiger partial charge in [0.2, 0.25) is 0 Å². The number of methoxy groups -OCH3 is 1. The van der Waals surface area contributed by atoms with Gasteiger partial charge in [0.25, 0.3) is 0 Å². The third-order valence-electron chi connectivity index (χ3n) is 2.98. The number of urea groups is 1. The highest BCUT2D eigenvalue weighted by atomic mass is 32.2. The summed E-state index contributed by atoms with van der Waals surface area (Å²) in [6.45, 7) is 0.163. The van der Waals surface area contributed by atoms with Crippen molar-refractivity contribution in [3.63, 3.8) is 0 Å². The molecule has 0 bridgehead atoms. The number of amides is 2. The zero-order valence-corrected chi connectivity index (χ0v) is 13.4. The Bertz CT molecular complexity index is 709. The van der Waals surface area contributed by atoms with Crippen molar-refractivity contribution < 1.29 is 18.1 Å². The Balaban J connectivity index is 1.80. The van der Waals surface area contributed by atoms with Crippen LogP contribution < -0.4 is 15.4 Å². The molecule has 0 aliphatic heterocycles. The fourth-order valence-corrected chi connectivity index (χ4v) is 2.90. The van der Waals surface area contributed by atoms with E-state index < -0.39 is 22.6 Å². The summed E-state index contributed by atoms with van der Waals surface area (Å²) >= 11 is 0. The van der Waals surface area contributed by atoms with Gasteiger partial charge in [-0.15, -0.1) is 0 Å². The molecule has 0 radical (unpaired) electrons. The second-order valence-corrected chi connectivity index (χ2v) is 6.13. The number of carbonyl (C=O) groups is 1. The first-order chi connectivity index (χ1) is 11.1. The van der Waals surface area contributed by atoms with E-state index in [1.165, 1.54) is 25.3 Å². The van der Waals surface area contributed by atoms with Crippen LogP contribution in [-0.2, 0) is 10.8 Å². The lowest BCUT2D eigenvalue weighted by molar-refractivity contribution is 0.252. The number of hydrogen-bond donors (Lipinski definition) is 2. The Kier molecular flexibility index (Phi) is 6.10. The van der Waals surface area contributed by atoms with E-state index in [2.05, 4.69) is 10.6 Å². The summed E-state index contributed by atoms with van der Waals surface area (Å²) in [5.74, 6) is 0.252. The summed E-state index contributed by atoms with van der Waals surface area (Å²) in [5, 5.41) is 5.22. The van der Waals surface area contributed by atoms with Crippen LogP contribution in [0, 0.1) is 5.82 Å². The lowest BCUT2D eigenvalue weighted by Gasteiger charge is -2.09. The summed E-state index contributed by atoms with van der Waals surface area (Å²) in [4.78, 5) is 11.9. The first-order valence-electron chi connectivity index (χ1n) is 6.92. The van der Waals surface area contributed by atoms with Gasteiger partial charge in [-0.25, -0.2) is 9.18 Å². The Labute approximate surface area is 136 Å². The van der Waals surface area contributed by atoms with Gasteiger partial charge in [-0.3, -0.25) is 4.21 Å². The minimum atomic E-state index is -1.50. The minimum absolute atomic E-state index is 0.131. The van der Waals surface area contributed by atoms with Crippen molar-refractivity contribution in [3.8, 4) is 5.75 Å². The standard InChI is InChI=1S/C16H17FN2O3S/c1-22-13-6-4-5-12(11-13)19-16(20)18-9-10-23(21)15-8-3-2-7-14(15)17/h2-8,11H,9-10H2,1H3,(H2,18,19,20). The molecule has 0 heterocycles. The van der Waals surface area contributed by atoms with Crippen LogP contribution >= 0.6 is 0 Å². The number of ether oxygens (including phenoxy) is 1. The van der Waals surface area contributed by atoms with Gasteiger partial charge < -0.3 is 15.4 Å². The molecule has 0 aromatic heterocycles. The maximum absolute atomic E-state index is 13.5. The van der Waals surface area contributed by atoms with E-state index in [4.69, 9.17) is 4.74 Å². The molecule has 122 valence electrons. The number of anilines is 1. The first-order valence-corrected chi connectivity index (χ1v) is 8.24. The van der Waals surface area contributed by atoms with Crippen molar-refractivity contribution in [2.24, 2.45) is 0 Å². The van der Waals surface area contributed by atoms with Crippen molar-refractivity contribution >= 4 is 22.5 Å². The average Bonchev–Trinajstić information content (AvgIpc) is 2.55. The SMILES string of the molecule is COc1cccc(NC(=O)NCCS(=O)c2ccccc2F)c1. The number of carbonyl (C=O) groups excluding carboxylic acids is 1. The summed E-state index contributed by atoms with van der Waals surface area (Å²) in [6, 6.07) is 12.4. The zero-order chi connectivity index (χ0) is 16.7. The summed E-state index contributed by atoms with van der Waals surface area (Å²) in [5.41, 5.74) is 0.581. The molecule has 1 unspecified atom stereocenters. The maximum atomic E-state index is 13.5. The maximum Gasteiger partial charge on any atom is 0.319 e. The van der Waals surface area contributed by atoms with Crippen molar-refractivity contribution in [1.82, 2.24) is 5.32 Å². The van der Waals surface area contributed by atoms with Crippen LogP contribution in [-0.4, -0.2) is 29.6 Å². The van der Waals surface area contributed by atoms with Gasteiger partial charge >= 0.3 is 6.03 Å². The predicted octanol–water partition coefficient (Wildman–Crippen LogP) is 2.76. The second kappa shape index (κ2) is 8.28. The Morgan fingerprint density at radius 3 is 2.74 bits per heavy atom. The van der Waals surface area contributed by atoms with E-state index in [9.17, 15) is 13.4 Å². The van der Waals surface area contributed by atoms with Crippen molar-refractivity contribution in [3.05, 3.63) is 54.3 Å². The first kappa shape index (κ1) is 17.0. The molecule has 2 aromatic carbocycles. The lowest BCUT2D eigenvalue weighted by atomic mass is 10.3. The van der Waals surface area contributed by atoms with Gasteiger partial charge in [0, 0.05) is 24.1 Å². The van der Waals surface area contributed by atoms with E-state index >= 15 is 0 Å². The van der Waals surface area contributed by atoms with E-state index in [1.807, 2.05) is 0 Å². The fourth-order valence-electron chi connectivity index (χ4n) is 1.87. The van der Waals surface area contributed by atoms with Crippen LogP contribution in [0.1, 0.15) is 0 Å². The normalized spacial score (nSPS) is 11.6. The highest BCUT2D eigenvalue weighted by Crippen LogP contribution is 2.16. The molecule has 0 aliphatic rings. The Morgan fingerprint density at radius 1 is 1.22 bits per heavy atom. The molecular weight excluding hydrogens is 319 g/mol. The quantitative estimate of drug-likeness (QED) is 0.852. The molecule has 2 aromatic rings. The van der Waals surface area contributed by atoms with Gasteiger partial charge in [-0.2, -0.15) is 0 Å². The molecule has 0 spiro atoms. The molecule has 0 aliphatic carbocycles. The summed E-state index contributed by atoms with van der Waals surface area (Å²) in [7, 11) is 0.0384. The fraction of sp³-hybridized carbons (Fsp3) is 0.188. The number of nitrogens with one attached hydrogen (secondary N) is 2. The molecule has 0 saturated heterocycles. The smallest absolute Gasteiger partial charge is 0.319 e. The van der Waals surface area contributed by atoms with Gasteiger partial charge in [0.1, 0.15) is 11.6 Å². The van der Waals surface area contributed by atoms with Crippen LogP contribution in [0.5, 0.6) is 5.75 Å². The molecule has 2 rings (SSSR count). The molecule has 0 saturated carbocycles. The Hall–Kier alpha value is -2.41. The number of halogens is 1. The highest BCUT2D eigenvalue weighted by Gasteiger charge is 2.09. The second-order valence-electron chi connectivity index (χ2n) is 4.59. The third-order valence-corrected chi connectivity index (χ3v) is 4.38. The van der Waals surface area contributed by atoms with Crippen LogP contribution in [0.2, 0.25) is 0 Å². The van der Waals surface area contributed by atoms with E-state index in [1.54, 1.807) is 30.3 Å². The highest BCUT2D eigenvalue weighted by molar-refractivity contribution is 7.85. The van der Waals surface area contributed by atoms with Crippen molar-refractivity contribution in [2.45, 2.75) is 4.90 Å². The molecule has 23 heavy (non-hydrogen) atoms. The van der Waals surface area contributed by atoms with Gasteiger partial charge in [-0.1, -0.05) is 18.2 Å². The van der Waals surface area contributed by atoms with Gasteiger partial charge in [0.05, 0.1) is 22.8 Å². The molecule has 2 N–H and O–H groups in total. The lowest BCUT2D eigenvalue weighted by Crippen LogP contribution is -2.32. The van der Waals surface area contributed by atoms with Crippen LogP contribution in [0.25, 0.3) is 0 Å². The van der Waals surface area contributed by atoms with E-state index in [-0.39, 0.29) is 17.2 Å². The molecule has 2 amide bonds.